The molecule has 0 unspecified atom stereocenters. The molecule has 3 rings (SSSR count). The van der Waals surface area contributed by atoms with Crippen molar-refractivity contribution in [3.8, 4) is 0 Å². The summed E-state index contributed by atoms with van der Waals surface area (Å²) in [4.78, 5) is 12.4. The number of anilines is 1. The van der Waals surface area contributed by atoms with Crippen molar-refractivity contribution in [3.05, 3.63) is 53.6 Å². The monoisotopic (exact) mass is 308 g/mol. The first-order chi connectivity index (χ1) is 11.1. The number of carbonyl (C=O) groups is 1. The molecule has 1 aromatic heterocycles. The molecule has 0 aliphatic heterocycles. The highest BCUT2D eigenvalue weighted by molar-refractivity contribution is 6.05. The minimum Gasteiger partial charge on any atom is -0.322 e. The average molecular weight is 308 g/mol. The summed E-state index contributed by atoms with van der Waals surface area (Å²) in [5.41, 5.74) is 4.25. The van der Waals surface area contributed by atoms with Crippen molar-refractivity contribution in [1.29, 1.82) is 0 Å². The number of rotatable bonds is 4. The molecule has 0 atom stereocenters. The van der Waals surface area contributed by atoms with Crippen molar-refractivity contribution in [3.63, 3.8) is 0 Å². The molecule has 1 N–H and O–H groups in total. The molecule has 2 aromatic carbocycles. The van der Waals surface area contributed by atoms with Gasteiger partial charge in [-0.2, -0.15) is 0 Å². The van der Waals surface area contributed by atoms with Crippen LogP contribution in [0.5, 0.6) is 0 Å². The van der Waals surface area contributed by atoms with E-state index in [1.54, 1.807) is 12.1 Å². The zero-order valence-electron chi connectivity index (χ0n) is 13.6. The molecule has 118 valence electrons. The lowest BCUT2D eigenvalue weighted by Crippen LogP contribution is -2.12. The van der Waals surface area contributed by atoms with E-state index in [4.69, 9.17) is 0 Å². The first-order valence-corrected chi connectivity index (χ1v) is 7.83. The van der Waals surface area contributed by atoms with E-state index in [-0.39, 0.29) is 5.91 Å². The number of aromatic nitrogens is 3. The van der Waals surface area contributed by atoms with Crippen LogP contribution in [0.4, 0.5) is 5.69 Å². The van der Waals surface area contributed by atoms with Gasteiger partial charge in [-0.3, -0.25) is 4.79 Å². The van der Waals surface area contributed by atoms with E-state index in [0.29, 0.717) is 11.5 Å². The highest BCUT2D eigenvalue weighted by Gasteiger charge is 2.10. The fourth-order valence-electron chi connectivity index (χ4n) is 2.53. The van der Waals surface area contributed by atoms with Crippen LogP contribution in [0.2, 0.25) is 0 Å². The number of nitrogens with one attached hydrogen (secondary N) is 1. The molecule has 23 heavy (non-hydrogen) atoms. The standard InChI is InChI=1S/C18H20N4O/c1-4-22-17-9-8-14(11-16(17)20-21-22)18(23)19-15-7-5-6-13(10-15)12(2)3/h5-12H,4H2,1-3H3,(H,19,23). The van der Waals surface area contributed by atoms with Crippen LogP contribution < -0.4 is 5.32 Å². The van der Waals surface area contributed by atoms with Gasteiger partial charge in [0.2, 0.25) is 0 Å². The van der Waals surface area contributed by atoms with E-state index in [0.717, 1.165) is 23.3 Å². The smallest absolute Gasteiger partial charge is 0.255 e. The number of amides is 1. The molecule has 0 radical (unpaired) electrons. The molecule has 5 heteroatoms. The average Bonchev–Trinajstić information content (AvgIpc) is 2.97. The number of hydrogen-bond donors (Lipinski definition) is 1. The molecule has 0 saturated carbocycles. The second kappa shape index (κ2) is 6.20. The lowest BCUT2D eigenvalue weighted by Gasteiger charge is -2.09. The van der Waals surface area contributed by atoms with Crippen molar-refractivity contribution in [2.45, 2.75) is 33.2 Å². The molecule has 1 amide bonds. The molecule has 0 aliphatic carbocycles. The van der Waals surface area contributed by atoms with Gasteiger partial charge in [0.25, 0.3) is 5.91 Å². The lowest BCUT2D eigenvalue weighted by molar-refractivity contribution is 0.102. The summed E-state index contributed by atoms with van der Waals surface area (Å²) in [5.74, 6) is 0.283. The molecule has 0 fully saturated rings. The molecule has 0 spiro atoms. The van der Waals surface area contributed by atoms with Crippen LogP contribution in [0.25, 0.3) is 11.0 Å². The van der Waals surface area contributed by atoms with Crippen LogP contribution >= 0.6 is 0 Å². The Morgan fingerprint density at radius 3 is 2.78 bits per heavy atom. The topological polar surface area (TPSA) is 59.8 Å². The fraction of sp³-hybridized carbons (Fsp3) is 0.278. The summed E-state index contributed by atoms with van der Waals surface area (Å²) in [6, 6.07) is 13.4. The number of aryl methyl sites for hydroxylation is 1. The number of nitrogens with zero attached hydrogens (tertiary/aromatic N) is 3. The summed E-state index contributed by atoms with van der Waals surface area (Å²) >= 11 is 0. The molecule has 3 aromatic rings. The summed E-state index contributed by atoms with van der Waals surface area (Å²) in [5, 5.41) is 11.1. The highest BCUT2D eigenvalue weighted by atomic mass is 16.1. The van der Waals surface area contributed by atoms with Gasteiger partial charge >= 0.3 is 0 Å². The maximum atomic E-state index is 12.4. The van der Waals surface area contributed by atoms with E-state index < -0.39 is 0 Å². The third-order valence-electron chi connectivity index (χ3n) is 3.89. The quantitative estimate of drug-likeness (QED) is 0.797. The van der Waals surface area contributed by atoms with Gasteiger partial charge in [-0.1, -0.05) is 31.2 Å². The van der Waals surface area contributed by atoms with Gasteiger partial charge in [-0.15, -0.1) is 5.10 Å². The molecule has 0 aliphatic rings. The fourth-order valence-corrected chi connectivity index (χ4v) is 2.53. The summed E-state index contributed by atoms with van der Waals surface area (Å²) in [6.45, 7) is 7.03. The van der Waals surface area contributed by atoms with Gasteiger partial charge in [0, 0.05) is 17.8 Å². The number of hydrogen-bond acceptors (Lipinski definition) is 3. The largest absolute Gasteiger partial charge is 0.322 e. The van der Waals surface area contributed by atoms with Gasteiger partial charge in [0.05, 0.1) is 5.52 Å². The third kappa shape index (κ3) is 3.08. The van der Waals surface area contributed by atoms with Crippen LogP contribution in [-0.4, -0.2) is 20.9 Å². The number of fused-ring (bicyclic) bond motifs is 1. The van der Waals surface area contributed by atoms with Crippen molar-refractivity contribution in [1.82, 2.24) is 15.0 Å². The minimum atomic E-state index is -0.140. The summed E-state index contributed by atoms with van der Waals surface area (Å²) in [7, 11) is 0. The summed E-state index contributed by atoms with van der Waals surface area (Å²) in [6.07, 6.45) is 0. The predicted octanol–water partition coefficient (Wildman–Crippen LogP) is 3.83. The van der Waals surface area contributed by atoms with Crippen molar-refractivity contribution < 1.29 is 4.79 Å². The van der Waals surface area contributed by atoms with E-state index in [1.165, 1.54) is 5.56 Å². The Hall–Kier alpha value is -2.69. The second-order valence-electron chi connectivity index (χ2n) is 5.84. The van der Waals surface area contributed by atoms with E-state index in [9.17, 15) is 4.79 Å². The van der Waals surface area contributed by atoms with Crippen LogP contribution in [-0.2, 0) is 6.54 Å². The van der Waals surface area contributed by atoms with Gasteiger partial charge in [0.15, 0.2) is 0 Å². The third-order valence-corrected chi connectivity index (χ3v) is 3.89. The normalized spacial score (nSPS) is 11.1. The van der Waals surface area contributed by atoms with Crippen LogP contribution in [0.1, 0.15) is 42.6 Å². The maximum absolute atomic E-state index is 12.4. The van der Waals surface area contributed by atoms with Crippen LogP contribution in [0.3, 0.4) is 0 Å². The zero-order valence-corrected chi connectivity index (χ0v) is 13.6. The van der Waals surface area contributed by atoms with E-state index >= 15 is 0 Å². The van der Waals surface area contributed by atoms with Gasteiger partial charge in [0.1, 0.15) is 5.52 Å². The predicted molar refractivity (Wildman–Crippen MR) is 91.7 cm³/mol. The van der Waals surface area contributed by atoms with E-state index in [1.807, 2.05) is 35.9 Å². The lowest BCUT2D eigenvalue weighted by atomic mass is 10.0. The Morgan fingerprint density at radius 1 is 1.22 bits per heavy atom. The summed E-state index contributed by atoms with van der Waals surface area (Å²) < 4.78 is 1.81. The van der Waals surface area contributed by atoms with E-state index in [2.05, 4.69) is 35.5 Å². The SMILES string of the molecule is CCn1nnc2cc(C(=O)Nc3cccc(C(C)C)c3)ccc21. The Labute approximate surface area is 135 Å². The first kappa shape index (κ1) is 15.2. The number of carbonyl (C=O) groups excluding carboxylic acids is 1. The Balaban J connectivity index is 1.84. The molecular weight excluding hydrogens is 288 g/mol. The van der Waals surface area contributed by atoms with Crippen LogP contribution in [0, 0.1) is 0 Å². The minimum absolute atomic E-state index is 0.140. The van der Waals surface area contributed by atoms with Gasteiger partial charge in [-0.25, -0.2) is 4.68 Å². The zero-order chi connectivity index (χ0) is 16.4. The Bertz CT molecular complexity index is 851. The van der Waals surface area contributed by atoms with Gasteiger partial charge in [-0.05, 0) is 48.7 Å². The van der Waals surface area contributed by atoms with Crippen molar-refractivity contribution in [2.24, 2.45) is 0 Å². The van der Waals surface area contributed by atoms with Crippen molar-refractivity contribution >= 4 is 22.6 Å². The van der Waals surface area contributed by atoms with Crippen molar-refractivity contribution in [2.75, 3.05) is 5.32 Å². The molecule has 0 bridgehead atoms. The second-order valence-corrected chi connectivity index (χ2v) is 5.84. The molecule has 0 saturated heterocycles. The maximum Gasteiger partial charge on any atom is 0.255 e. The Morgan fingerprint density at radius 2 is 2.04 bits per heavy atom. The molecule has 1 heterocycles. The molecule has 5 nitrogen and oxygen atoms in total. The first-order valence-electron chi connectivity index (χ1n) is 7.83. The molecular formula is C18H20N4O. The number of benzene rings is 2. The van der Waals surface area contributed by atoms with Crippen LogP contribution in [0.15, 0.2) is 42.5 Å². The van der Waals surface area contributed by atoms with Gasteiger partial charge < -0.3 is 5.32 Å². The Kier molecular flexibility index (Phi) is 4.10. The highest BCUT2D eigenvalue weighted by Crippen LogP contribution is 2.20.